The van der Waals surface area contributed by atoms with Gasteiger partial charge in [0.25, 0.3) is 0 Å². The van der Waals surface area contributed by atoms with Crippen LogP contribution in [0.3, 0.4) is 0 Å². The summed E-state index contributed by atoms with van der Waals surface area (Å²) < 4.78 is 18.4. The zero-order valence-corrected chi connectivity index (χ0v) is 12.7. The highest BCUT2D eigenvalue weighted by Crippen LogP contribution is 2.33. The number of rotatable bonds is 5. The van der Waals surface area contributed by atoms with Gasteiger partial charge in [0.05, 0.1) is 15.7 Å². The lowest BCUT2D eigenvalue weighted by Gasteiger charge is -2.11. The number of nitrogens with zero attached hydrogens (tertiary/aromatic N) is 2. The van der Waals surface area contributed by atoms with Crippen molar-refractivity contribution in [3.05, 3.63) is 39.9 Å². The van der Waals surface area contributed by atoms with E-state index in [1.807, 2.05) is 6.92 Å². The predicted molar refractivity (Wildman–Crippen MR) is 81.5 cm³/mol. The van der Waals surface area contributed by atoms with E-state index in [9.17, 15) is 4.39 Å². The van der Waals surface area contributed by atoms with Gasteiger partial charge in [-0.15, -0.1) is 0 Å². The van der Waals surface area contributed by atoms with E-state index in [2.05, 4.69) is 15.3 Å². The Morgan fingerprint density at radius 1 is 1.24 bits per heavy atom. The van der Waals surface area contributed by atoms with Gasteiger partial charge in [-0.1, -0.05) is 23.2 Å². The van der Waals surface area contributed by atoms with Crippen LogP contribution in [0, 0.1) is 5.82 Å². The first-order chi connectivity index (χ1) is 9.99. The molecule has 0 saturated carbocycles. The van der Waals surface area contributed by atoms with Crippen molar-refractivity contribution in [1.29, 1.82) is 0 Å². The average molecular weight is 331 g/mol. The van der Waals surface area contributed by atoms with Crippen molar-refractivity contribution in [2.45, 2.75) is 13.5 Å². The number of ether oxygens (including phenoxy) is 1. The van der Waals surface area contributed by atoms with Crippen LogP contribution in [0.25, 0.3) is 0 Å². The molecule has 2 aromatic rings. The number of halogens is 3. The summed E-state index contributed by atoms with van der Waals surface area (Å²) in [5, 5.41) is 3.19. The molecule has 0 aliphatic carbocycles. The van der Waals surface area contributed by atoms with Gasteiger partial charge in [-0.3, -0.25) is 0 Å². The van der Waals surface area contributed by atoms with Crippen LogP contribution in [0.15, 0.2) is 18.2 Å². The van der Waals surface area contributed by atoms with Crippen molar-refractivity contribution in [3.63, 3.8) is 0 Å². The molecule has 0 bridgehead atoms. The molecule has 0 saturated heterocycles. The third-order valence-corrected chi connectivity index (χ3v) is 3.08. The first kappa shape index (κ1) is 15.8. The Bertz CT molecular complexity index is 631. The minimum absolute atomic E-state index is 0.142. The van der Waals surface area contributed by atoms with Crippen LogP contribution in [-0.2, 0) is 11.3 Å². The molecule has 5 nitrogen and oxygen atoms in total. The minimum Gasteiger partial charge on any atom is -0.384 e. The van der Waals surface area contributed by atoms with Crippen LogP contribution >= 0.6 is 23.2 Å². The smallest absolute Gasteiger partial charge is 0.158 e. The molecule has 1 heterocycles. The highest BCUT2D eigenvalue weighted by atomic mass is 35.5. The van der Waals surface area contributed by atoms with Gasteiger partial charge in [0.1, 0.15) is 24.1 Å². The van der Waals surface area contributed by atoms with E-state index in [0.717, 1.165) is 12.1 Å². The molecule has 2 rings (SSSR count). The van der Waals surface area contributed by atoms with Crippen molar-refractivity contribution >= 4 is 40.5 Å². The molecule has 0 atom stereocenters. The van der Waals surface area contributed by atoms with E-state index in [-0.39, 0.29) is 22.5 Å². The van der Waals surface area contributed by atoms with Crippen molar-refractivity contribution in [3.8, 4) is 0 Å². The third kappa shape index (κ3) is 4.17. The van der Waals surface area contributed by atoms with Crippen LogP contribution < -0.4 is 11.1 Å². The number of nitrogen functional groups attached to an aromatic ring is 1. The molecular weight excluding hydrogens is 318 g/mol. The second-order valence-corrected chi connectivity index (χ2v) is 4.92. The van der Waals surface area contributed by atoms with Crippen LogP contribution in [0.4, 0.5) is 21.7 Å². The van der Waals surface area contributed by atoms with Gasteiger partial charge in [-0.05, 0) is 19.1 Å². The molecule has 8 heteroatoms. The Labute approximate surface area is 131 Å². The average Bonchev–Trinajstić information content (AvgIpc) is 2.40. The second kappa shape index (κ2) is 6.89. The lowest BCUT2D eigenvalue weighted by molar-refractivity contribution is 0.128. The van der Waals surface area contributed by atoms with Crippen LogP contribution in [0.1, 0.15) is 12.7 Å². The highest BCUT2D eigenvalue weighted by molar-refractivity contribution is 6.39. The number of aromatic nitrogens is 2. The number of nitrogens with one attached hydrogen (secondary N) is 1. The summed E-state index contributed by atoms with van der Waals surface area (Å²) in [4.78, 5) is 8.28. The largest absolute Gasteiger partial charge is 0.384 e. The maximum Gasteiger partial charge on any atom is 0.158 e. The van der Waals surface area contributed by atoms with E-state index in [4.69, 9.17) is 33.7 Å². The Morgan fingerprint density at radius 3 is 2.52 bits per heavy atom. The van der Waals surface area contributed by atoms with E-state index in [1.54, 1.807) is 0 Å². The Kier molecular flexibility index (Phi) is 5.17. The molecule has 0 aliphatic heterocycles. The van der Waals surface area contributed by atoms with Gasteiger partial charge in [0.15, 0.2) is 5.82 Å². The summed E-state index contributed by atoms with van der Waals surface area (Å²) in [6, 6.07) is 3.83. The Balaban J connectivity index is 2.29. The second-order valence-electron chi connectivity index (χ2n) is 4.10. The lowest BCUT2D eigenvalue weighted by Crippen LogP contribution is -2.05. The fourth-order valence-corrected chi connectivity index (χ4v) is 2.18. The van der Waals surface area contributed by atoms with Gasteiger partial charge in [0.2, 0.25) is 0 Å². The van der Waals surface area contributed by atoms with Gasteiger partial charge in [-0.2, -0.15) is 0 Å². The molecule has 0 spiro atoms. The molecular formula is C13H13Cl2FN4O. The molecule has 3 N–H and O–H groups in total. The minimum atomic E-state index is -0.519. The molecule has 1 aromatic carbocycles. The summed E-state index contributed by atoms with van der Waals surface area (Å²) in [5.41, 5.74) is 6.06. The molecule has 0 radical (unpaired) electrons. The highest BCUT2D eigenvalue weighted by Gasteiger charge is 2.11. The molecule has 112 valence electrons. The van der Waals surface area contributed by atoms with Gasteiger partial charge in [-0.25, -0.2) is 14.4 Å². The summed E-state index contributed by atoms with van der Waals surface area (Å²) in [6.07, 6.45) is 0. The van der Waals surface area contributed by atoms with E-state index >= 15 is 0 Å². The van der Waals surface area contributed by atoms with Crippen LogP contribution in [0.2, 0.25) is 10.0 Å². The monoisotopic (exact) mass is 330 g/mol. The molecule has 0 unspecified atom stereocenters. The maximum absolute atomic E-state index is 13.2. The zero-order valence-electron chi connectivity index (χ0n) is 11.2. The van der Waals surface area contributed by atoms with Gasteiger partial charge >= 0.3 is 0 Å². The Morgan fingerprint density at radius 2 is 1.90 bits per heavy atom. The normalized spacial score (nSPS) is 10.7. The predicted octanol–water partition coefficient (Wildman–Crippen LogP) is 3.78. The number of anilines is 3. The summed E-state index contributed by atoms with van der Waals surface area (Å²) >= 11 is 11.9. The van der Waals surface area contributed by atoms with E-state index < -0.39 is 5.82 Å². The van der Waals surface area contributed by atoms with Crippen molar-refractivity contribution in [2.24, 2.45) is 0 Å². The number of hydrogen-bond donors (Lipinski definition) is 2. The molecule has 0 aliphatic rings. The fraction of sp³-hybridized carbons (Fsp3) is 0.231. The van der Waals surface area contributed by atoms with Crippen molar-refractivity contribution in [1.82, 2.24) is 9.97 Å². The number of nitrogens with two attached hydrogens (primary N) is 1. The van der Waals surface area contributed by atoms with Crippen LogP contribution in [0.5, 0.6) is 0 Å². The van der Waals surface area contributed by atoms with Gasteiger partial charge in [0, 0.05) is 12.7 Å². The van der Waals surface area contributed by atoms with Gasteiger partial charge < -0.3 is 15.8 Å². The third-order valence-electron chi connectivity index (χ3n) is 2.49. The number of hydrogen-bond acceptors (Lipinski definition) is 5. The number of benzene rings is 1. The topological polar surface area (TPSA) is 73.1 Å². The Hall–Kier alpha value is -1.63. The van der Waals surface area contributed by atoms with Crippen LogP contribution in [-0.4, -0.2) is 16.6 Å². The maximum atomic E-state index is 13.2. The molecule has 1 aromatic heterocycles. The quantitative estimate of drug-likeness (QED) is 0.872. The summed E-state index contributed by atoms with van der Waals surface area (Å²) in [7, 11) is 0. The molecule has 21 heavy (non-hydrogen) atoms. The van der Waals surface area contributed by atoms with E-state index in [1.165, 1.54) is 6.07 Å². The SMILES string of the molecule is CCOCc1nc(N)cc(Nc2c(Cl)cc(F)cc2Cl)n1. The van der Waals surface area contributed by atoms with Crippen molar-refractivity contribution < 1.29 is 9.13 Å². The fourth-order valence-electron chi connectivity index (χ4n) is 1.63. The van der Waals surface area contributed by atoms with Crippen molar-refractivity contribution in [2.75, 3.05) is 17.7 Å². The standard InChI is InChI=1S/C13H13Cl2FN4O/c1-2-21-6-12-18-10(17)5-11(19-12)20-13-8(14)3-7(16)4-9(13)15/h3-5H,2,6H2,1H3,(H3,17,18,19,20). The lowest BCUT2D eigenvalue weighted by atomic mass is 10.3. The summed E-state index contributed by atoms with van der Waals surface area (Å²) in [5.74, 6) is 0.577. The molecule has 0 fully saturated rings. The zero-order chi connectivity index (χ0) is 15.4. The molecule has 0 amide bonds. The first-order valence-electron chi connectivity index (χ1n) is 6.12. The summed E-state index contributed by atoms with van der Waals surface area (Å²) in [6.45, 7) is 2.64. The van der Waals surface area contributed by atoms with E-state index in [0.29, 0.717) is 23.9 Å². The first-order valence-corrected chi connectivity index (χ1v) is 6.88.